The normalized spacial score (nSPS) is 25.0. The zero-order chi connectivity index (χ0) is 16.9. The number of carbonyl (C=O) groups is 1. The summed E-state index contributed by atoms with van der Waals surface area (Å²) in [6.07, 6.45) is 4.23. The van der Waals surface area contributed by atoms with E-state index < -0.39 is 0 Å². The Morgan fingerprint density at radius 2 is 2.04 bits per heavy atom. The summed E-state index contributed by atoms with van der Waals surface area (Å²) < 4.78 is 5.23. The molecule has 1 aromatic rings. The van der Waals surface area contributed by atoms with Crippen LogP contribution < -0.4 is 4.74 Å². The van der Waals surface area contributed by atoms with Crippen LogP contribution in [-0.4, -0.2) is 66.2 Å². The van der Waals surface area contributed by atoms with Crippen molar-refractivity contribution in [1.29, 1.82) is 0 Å². The van der Waals surface area contributed by atoms with Crippen LogP contribution in [-0.2, 0) is 11.2 Å². The lowest BCUT2D eigenvalue weighted by Gasteiger charge is -2.39. The van der Waals surface area contributed by atoms with E-state index in [4.69, 9.17) is 4.74 Å². The Morgan fingerprint density at radius 3 is 2.71 bits per heavy atom. The van der Waals surface area contributed by atoms with Crippen LogP contribution in [0.15, 0.2) is 24.3 Å². The third-order valence-corrected chi connectivity index (χ3v) is 5.34. The number of hydrogen-bond acceptors (Lipinski definition) is 4. The molecule has 24 heavy (non-hydrogen) atoms. The van der Waals surface area contributed by atoms with Crippen molar-refractivity contribution in [2.45, 2.75) is 44.2 Å². The van der Waals surface area contributed by atoms with Gasteiger partial charge in [-0.15, -0.1) is 0 Å². The quantitative estimate of drug-likeness (QED) is 0.891. The Morgan fingerprint density at radius 1 is 1.25 bits per heavy atom. The molecule has 1 aliphatic heterocycles. The van der Waals surface area contributed by atoms with Crippen molar-refractivity contribution in [2.24, 2.45) is 0 Å². The number of aliphatic hydroxyl groups is 1. The van der Waals surface area contributed by atoms with Crippen molar-refractivity contribution in [3.63, 3.8) is 0 Å². The number of aryl methyl sites for hydroxylation is 1. The molecule has 2 aliphatic rings. The van der Waals surface area contributed by atoms with Gasteiger partial charge in [0.1, 0.15) is 5.75 Å². The van der Waals surface area contributed by atoms with Crippen molar-refractivity contribution in [2.75, 3.05) is 33.3 Å². The molecule has 132 valence electrons. The molecule has 2 fully saturated rings. The van der Waals surface area contributed by atoms with Crippen molar-refractivity contribution < 1.29 is 14.6 Å². The number of nitrogens with zero attached hydrogens (tertiary/aromatic N) is 2. The summed E-state index contributed by atoms with van der Waals surface area (Å²) in [7, 11) is 1.66. The largest absolute Gasteiger partial charge is 0.497 e. The third kappa shape index (κ3) is 4.08. The zero-order valence-corrected chi connectivity index (χ0v) is 14.5. The van der Waals surface area contributed by atoms with Gasteiger partial charge in [0.05, 0.1) is 13.2 Å². The second-order valence-corrected chi connectivity index (χ2v) is 6.83. The van der Waals surface area contributed by atoms with Gasteiger partial charge in [0.15, 0.2) is 0 Å². The van der Waals surface area contributed by atoms with Crippen LogP contribution in [0.1, 0.15) is 31.2 Å². The molecule has 1 aromatic carbocycles. The van der Waals surface area contributed by atoms with Gasteiger partial charge in [0.2, 0.25) is 5.91 Å². The molecule has 2 atom stereocenters. The Kier molecular flexibility index (Phi) is 5.74. The molecule has 0 aromatic heterocycles. The third-order valence-electron chi connectivity index (χ3n) is 5.34. The molecule has 1 saturated carbocycles. The van der Waals surface area contributed by atoms with Gasteiger partial charge < -0.3 is 14.7 Å². The minimum atomic E-state index is -0.180. The van der Waals surface area contributed by atoms with E-state index in [1.54, 1.807) is 7.11 Å². The van der Waals surface area contributed by atoms with Gasteiger partial charge in [-0.25, -0.2) is 0 Å². The molecule has 5 heteroatoms. The lowest BCUT2D eigenvalue weighted by atomic mass is 10.1. The number of methoxy groups -OCH3 is 1. The van der Waals surface area contributed by atoms with Gasteiger partial charge in [-0.1, -0.05) is 12.1 Å². The van der Waals surface area contributed by atoms with E-state index in [0.717, 1.165) is 63.2 Å². The van der Waals surface area contributed by atoms with E-state index in [9.17, 15) is 9.90 Å². The van der Waals surface area contributed by atoms with Gasteiger partial charge in [-0.3, -0.25) is 9.69 Å². The Bertz CT molecular complexity index is 555. The first kappa shape index (κ1) is 17.2. The second-order valence-electron chi connectivity index (χ2n) is 6.83. The number of rotatable bonds is 5. The molecule has 1 amide bonds. The summed E-state index contributed by atoms with van der Waals surface area (Å²) in [6, 6.07) is 8.22. The first-order valence-corrected chi connectivity index (χ1v) is 9.00. The molecule has 0 radical (unpaired) electrons. The Labute approximate surface area is 144 Å². The maximum Gasteiger partial charge on any atom is 0.222 e. The molecule has 0 unspecified atom stereocenters. The monoisotopic (exact) mass is 332 g/mol. The van der Waals surface area contributed by atoms with Crippen molar-refractivity contribution in [3.8, 4) is 5.75 Å². The standard InChI is InChI=1S/C19H28N2O3/c1-24-16-5-2-4-15(14-16)8-9-19(23)21-12-10-20(11-13-21)17-6-3-7-18(17)22/h2,4-5,14,17-18,22H,3,6-13H2,1H3/t17-,18-/m1/s1. The molecule has 1 heterocycles. The smallest absolute Gasteiger partial charge is 0.222 e. The number of ether oxygens (including phenoxy) is 1. The first-order valence-electron chi connectivity index (χ1n) is 9.00. The highest BCUT2D eigenvalue weighted by Crippen LogP contribution is 2.25. The molecule has 0 spiro atoms. The zero-order valence-electron chi connectivity index (χ0n) is 14.5. The van der Waals surface area contributed by atoms with Crippen LogP contribution in [0.25, 0.3) is 0 Å². The van der Waals surface area contributed by atoms with Gasteiger partial charge >= 0.3 is 0 Å². The van der Waals surface area contributed by atoms with Crippen LogP contribution in [0.3, 0.4) is 0 Å². The summed E-state index contributed by atoms with van der Waals surface area (Å²) in [5, 5.41) is 10.0. The molecule has 1 N–H and O–H groups in total. The van der Waals surface area contributed by atoms with Crippen LogP contribution >= 0.6 is 0 Å². The summed E-state index contributed by atoms with van der Waals surface area (Å²) in [6.45, 7) is 3.32. The van der Waals surface area contributed by atoms with Crippen molar-refractivity contribution >= 4 is 5.91 Å². The number of hydrogen-bond donors (Lipinski definition) is 1. The van der Waals surface area contributed by atoms with E-state index in [-0.39, 0.29) is 12.0 Å². The fourth-order valence-electron chi connectivity index (χ4n) is 3.89. The van der Waals surface area contributed by atoms with Gasteiger partial charge in [-0.2, -0.15) is 0 Å². The van der Waals surface area contributed by atoms with Gasteiger partial charge in [-0.05, 0) is 43.4 Å². The van der Waals surface area contributed by atoms with E-state index in [2.05, 4.69) is 4.90 Å². The summed E-state index contributed by atoms with van der Waals surface area (Å²) in [4.78, 5) is 16.8. The Hall–Kier alpha value is -1.59. The molecular formula is C19H28N2O3. The highest BCUT2D eigenvalue weighted by Gasteiger charge is 2.33. The lowest BCUT2D eigenvalue weighted by Crippen LogP contribution is -2.53. The molecule has 0 bridgehead atoms. The lowest BCUT2D eigenvalue weighted by molar-refractivity contribution is -0.133. The summed E-state index contributed by atoms with van der Waals surface area (Å²) >= 11 is 0. The molecule has 1 saturated heterocycles. The molecule has 1 aliphatic carbocycles. The summed E-state index contributed by atoms with van der Waals surface area (Å²) in [5.74, 6) is 1.06. The van der Waals surface area contributed by atoms with Crippen molar-refractivity contribution in [1.82, 2.24) is 9.80 Å². The number of benzene rings is 1. The second kappa shape index (κ2) is 7.99. The summed E-state index contributed by atoms with van der Waals surface area (Å²) in [5.41, 5.74) is 1.13. The Balaban J connectivity index is 1.45. The first-order chi connectivity index (χ1) is 11.7. The predicted molar refractivity (Wildman–Crippen MR) is 93.1 cm³/mol. The maximum absolute atomic E-state index is 12.4. The topological polar surface area (TPSA) is 53.0 Å². The van der Waals surface area contributed by atoms with E-state index in [1.165, 1.54) is 0 Å². The van der Waals surface area contributed by atoms with Crippen LogP contribution in [0.4, 0.5) is 0 Å². The van der Waals surface area contributed by atoms with E-state index in [0.29, 0.717) is 12.5 Å². The minimum absolute atomic E-state index is 0.180. The molecule has 5 nitrogen and oxygen atoms in total. The number of carbonyl (C=O) groups excluding carboxylic acids is 1. The fourth-order valence-corrected chi connectivity index (χ4v) is 3.89. The average Bonchev–Trinajstić information content (AvgIpc) is 3.06. The minimum Gasteiger partial charge on any atom is -0.497 e. The average molecular weight is 332 g/mol. The predicted octanol–water partition coefficient (Wildman–Crippen LogP) is 1.69. The van der Waals surface area contributed by atoms with Gasteiger partial charge in [0, 0.05) is 38.6 Å². The maximum atomic E-state index is 12.4. The highest BCUT2D eigenvalue weighted by molar-refractivity contribution is 5.76. The highest BCUT2D eigenvalue weighted by atomic mass is 16.5. The van der Waals surface area contributed by atoms with Crippen LogP contribution in [0.5, 0.6) is 5.75 Å². The van der Waals surface area contributed by atoms with Crippen LogP contribution in [0.2, 0.25) is 0 Å². The fraction of sp³-hybridized carbons (Fsp3) is 0.632. The van der Waals surface area contributed by atoms with Gasteiger partial charge in [0.25, 0.3) is 0 Å². The number of aliphatic hydroxyl groups excluding tert-OH is 1. The van der Waals surface area contributed by atoms with E-state index >= 15 is 0 Å². The van der Waals surface area contributed by atoms with E-state index in [1.807, 2.05) is 29.2 Å². The molecule has 3 rings (SSSR count). The van der Waals surface area contributed by atoms with Crippen LogP contribution in [0, 0.1) is 0 Å². The van der Waals surface area contributed by atoms with Crippen molar-refractivity contribution in [3.05, 3.63) is 29.8 Å². The molecular weight excluding hydrogens is 304 g/mol. The SMILES string of the molecule is COc1cccc(CCC(=O)N2CCN([C@@H]3CCC[C@H]3O)CC2)c1. The number of amides is 1. The number of piperazine rings is 1.